The third kappa shape index (κ3) is 7.51. The summed E-state index contributed by atoms with van der Waals surface area (Å²) in [6, 6.07) is 0.0923. The van der Waals surface area contributed by atoms with Crippen molar-refractivity contribution < 1.29 is 23.9 Å². The molecule has 2 rings (SSSR count). The summed E-state index contributed by atoms with van der Waals surface area (Å²) >= 11 is 0. The summed E-state index contributed by atoms with van der Waals surface area (Å²) < 4.78 is 11.2. The molecule has 1 aromatic rings. The predicted octanol–water partition coefficient (Wildman–Crippen LogP) is 3.40. The minimum absolute atomic E-state index is 0.0636. The molecule has 0 atom stereocenters. The Labute approximate surface area is 172 Å². The average molecular weight is 408 g/mol. The number of aromatic nitrogens is 2. The number of carbonyl (C=O) groups is 3. The number of hydrogen-bond acceptors (Lipinski definition) is 6. The van der Waals surface area contributed by atoms with Crippen LogP contribution in [-0.4, -0.2) is 58.7 Å². The number of amides is 1. The van der Waals surface area contributed by atoms with E-state index in [2.05, 4.69) is 4.98 Å². The Hall–Kier alpha value is -2.38. The first-order valence-corrected chi connectivity index (χ1v) is 10.6. The second kappa shape index (κ2) is 12.2. The van der Waals surface area contributed by atoms with Crippen molar-refractivity contribution in [2.24, 2.45) is 5.92 Å². The third-order valence-corrected chi connectivity index (χ3v) is 5.39. The van der Waals surface area contributed by atoms with Gasteiger partial charge >= 0.3 is 18.0 Å². The summed E-state index contributed by atoms with van der Waals surface area (Å²) in [4.78, 5) is 41.5. The zero-order chi connectivity index (χ0) is 21.1. The van der Waals surface area contributed by atoms with Crippen molar-refractivity contribution in [3.8, 4) is 0 Å². The molecule has 162 valence electrons. The fourth-order valence-electron chi connectivity index (χ4n) is 3.71. The molecule has 0 unspecified atom stereocenters. The molecular weight excluding hydrogens is 374 g/mol. The van der Waals surface area contributed by atoms with Crippen LogP contribution in [0.1, 0.15) is 64.7 Å². The largest absolute Gasteiger partial charge is 0.469 e. The van der Waals surface area contributed by atoms with E-state index in [1.807, 2.05) is 11.8 Å². The second-order valence-corrected chi connectivity index (χ2v) is 7.54. The van der Waals surface area contributed by atoms with E-state index in [0.717, 1.165) is 44.9 Å². The molecule has 0 aliphatic heterocycles. The highest BCUT2D eigenvalue weighted by molar-refractivity contribution is 5.77. The van der Waals surface area contributed by atoms with Gasteiger partial charge in [0.2, 0.25) is 0 Å². The zero-order valence-corrected chi connectivity index (χ0v) is 17.5. The van der Waals surface area contributed by atoms with Crippen LogP contribution in [0.15, 0.2) is 18.7 Å². The first kappa shape index (κ1) is 22.9. The lowest BCUT2D eigenvalue weighted by Crippen LogP contribution is -2.49. The lowest BCUT2D eigenvalue weighted by atomic mass is 9.77. The van der Waals surface area contributed by atoms with Gasteiger partial charge in [-0.3, -0.25) is 14.2 Å². The molecule has 0 aromatic carbocycles. The predicted molar refractivity (Wildman–Crippen MR) is 107 cm³/mol. The Balaban J connectivity index is 1.73. The Morgan fingerprint density at radius 3 is 2.48 bits per heavy atom. The van der Waals surface area contributed by atoms with Gasteiger partial charge in [0.25, 0.3) is 0 Å². The lowest BCUT2D eigenvalue weighted by Gasteiger charge is -2.42. The van der Waals surface area contributed by atoms with E-state index in [-0.39, 0.29) is 29.9 Å². The van der Waals surface area contributed by atoms with Gasteiger partial charge in [0, 0.05) is 37.8 Å². The monoisotopic (exact) mass is 407 g/mol. The van der Waals surface area contributed by atoms with Gasteiger partial charge in [0.15, 0.2) is 0 Å². The number of unbranched alkanes of at least 4 members (excludes halogenated alkanes) is 4. The zero-order valence-electron chi connectivity index (χ0n) is 17.5. The summed E-state index contributed by atoms with van der Waals surface area (Å²) in [6.07, 6.45) is 12.1. The molecule has 1 fully saturated rings. The van der Waals surface area contributed by atoms with E-state index in [4.69, 9.17) is 9.47 Å². The van der Waals surface area contributed by atoms with Crippen molar-refractivity contribution in [3.05, 3.63) is 18.7 Å². The Kier molecular flexibility index (Phi) is 9.67. The first-order chi connectivity index (χ1) is 14.0. The van der Waals surface area contributed by atoms with Crippen LogP contribution in [0.5, 0.6) is 0 Å². The molecule has 0 radical (unpaired) electrons. The van der Waals surface area contributed by atoms with E-state index < -0.39 is 0 Å². The normalized spacial score (nSPS) is 18.0. The van der Waals surface area contributed by atoms with Gasteiger partial charge in [-0.15, -0.1) is 0 Å². The number of carbonyl (C=O) groups excluding carboxylic acids is 3. The van der Waals surface area contributed by atoms with Crippen LogP contribution in [0.2, 0.25) is 0 Å². The summed E-state index contributed by atoms with van der Waals surface area (Å²) in [5.41, 5.74) is 0. The van der Waals surface area contributed by atoms with Crippen molar-refractivity contribution >= 4 is 18.0 Å². The Morgan fingerprint density at radius 2 is 1.83 bits per heavy atom. The van der Waals surface area contributed by atoms with Gasteiger partial charge < -0.3 is 14.4 Å². The second-order valence-electron chi connectivity index (χ2n) is 7.54. The third-order valence-electron chi connectivity index (χ3n) is 5.39. The summed E-state index contributed by atoms with van der Waals surface area (Å²) in [6.45, 7) is 2.93. The quantitative estimate of drug-likeness (QED) is 0.390. The fraction of sp³-hybridized carbons (Fsp3) is 0.714. The molecule has 1 amide bonds. The van der Waals surface area contributed by atoms with E-state index in [9.17, 15) is 14.4 Å². The number of methoxy groups -OCH3 is 1. The van der Waals surface area contributed by atoms with Crippen LogP contribution in [-0.2, 0) is 19.1 Å². The van der Waals surface area contributed by atoms with Crippen molar-refractivity contribution in [2.75, 3.05) is 20.3 Å². The highest BCUT2D eigenvalue weighted by Gasteiger charge is 2.37. The Bertz CT molecular complexity index is 641. The van der Waals surface area contributed by atoms with Gasteiger partial charge in [-0.25, -0.2) is 9.78 Å². The average Bonchev–Trinajstić information content (AvgIpc) is 3.21. The Morgan fingerprint density at radius 1 is 1.10 bits per heavy atom. The molecule has 8 nitrogen and oxygen atoms in total. The molecule has 29 heavy (non-hydrogen) atoms. The maximum absolute atomic E-state index is 12.8. The van der Waals surface area contributed by atoms with Crippen LogP contribution in [0.4, 0.5) is 4.79 Å². The van der Waals surface area contributed by atoms with E-state index in [0.29, 0.717) is 26.0 Å². The number of nitrogens with zero attached hydrogens (tertiary/aromatic N) is 3. The van der Waals surface area contributed by atoms with Crippen molar-refractivity contribution in [3.63, 3.8) is 0 Å². The number of rotatable bonds is 12. The van der Waals surface area contributed by atoms with Crippen LogP contribution in [0.25, 0.3) is 0 Å². The molecule has 1 aliphatic carbocycles. The molecule has 8 heteroatoms. The molecule has 1 aromatic heterocycles. The molecule has 1 heterocycles. The van der Waals surface area contributed by atoms with Gasteiger partial charge in [-0.2, -0.15) is 0 Å². The molecule has 0 spiro atoms. The first-order valence-electron chi connectivity index (χ1n) is 10.6. The summed E-state index contributed by atoms with van der Waals surface area (Å²) in [5.74, 6) is -0.0340. The molecule has 1 aliphatic rings. The highest BCUT2D eigenvalue weighted by Crippen LogP contribution is 2.35. The SMILES string of the molecule is CCOC(=O)CCCCCCCN(C(=O)n1ccnc1)C1CC(CC(=O)OC)C1. The smallest absolute Gasteiger partial charge is 0.329 e. The fourth-order valence-corrected chi connectivity index (χ4v) is 3.71. The van der Waals surface area contributed by atoms with Crippen LogP contribution < -0.4 is 0 Å². The van der Waals surface area contributed by atoms with Gasteiger partial charge in [-0.05, 0) is 38.5 Å². The maximum Gasteiger partial charge on any atom is 0.329 e. The topological polar surface area (TPSA) is 90.7 Å². The minimum atomic E-state index is -0.191. The summed E-state index contributed by atoms with van der Waals surface area (Å²) in [5, 5.41) is 0. The number of hydrogen-bond donors (Lipinski definition) is 0. The number of ether oxygens (including phenoxy) is 2. The lowest BCUT2D eigenvalue weighted by molar-refractivity contribution is -0.144. The van der Waals surface area contributed by atoms with Gasteiger partial charge in [-0.1, -0.05) is 19.3 Å². The van der Waals surface area contributed by atoms with E-state index in [1.165, 1.54) is 18.0 Å². The van der Waals surface area contributed by atoms with Crippen molar-refractivity contribution in [1.82, 2.24) is 14.5 Å². The maximum atomic E-state index is 12.8. The van der Waals surface area contributed by atoms with Crippen LogP contribution in [0, 0.1) is 5.92 Å². The van der Waals surface area contributed by atoms with Crippen LogP contribution >= 0.6 is 0 Å². The standard InChI is InChI=1S/C21H33N3O5/c1-3-29-19(25)9-7-5-4-6-8-11-24(21(27)23-12-10-22-16-23)18-13-17(14-18)15-20(26)28-2/h10,12,16-18H,3-9,11,13-15H2,1-2H3. The minimum Gasteiger partial charge on any atom is -0.469 e. The molecule has 1 saturated carbocycles. The molecule has 0 saturated heterocycles. The molecule has 0 N–H and O–H groups in total. The molecular formula is C21H33N3O5. The van der Waals surface area contributed by atoms with E-state index >= 15 is 0 Å². The van der Waals surface area contributed by atoms with E-state index in [1.54, 1.807) is 12.4 Å². The van der Waals surface area contributed by atoms with Crippen molar-refractivity contribution in [1.29, 1.82) is 0 Å². The summed E-state index contributed by atoms with van der Waals surface area (Å²) in [7, 11) is 1.40. The molecule has 0 bridgehead atoms. The van der Waals surface area contributed by atoms with Crippen LogP contribution in [0.3, 0.4) is 0 Å². The number of imidazole rings is 1. The highest BCUT2D eigenvalue weighted by atomic mass is 16.5. The van der Waals surface area contributed by atoms with Gasteiger partial charge in [0.05, 0.1) is 13.7 Å². The van der Waals surface area contributed by atoms with Crippen molar-refractivity contribution in [2.45, 2.75) is 70.8 Å². The number of esters is 2. The van der Waals surface area contributed by atoms with Gasteiger partial charge in [0.1, 0.15) is 6.33 Å².